The Hall–Kier alpha value is -0.410. The van der Waals surface area contributed by atoms with Gasteiger partial charge in [0.2, 0.25) is 0 Å². The molecular weight excluding hydrogens is 216 g/mol. The highest BCUT2D eigenvalue weighted by Gasteiger charge is 2.36. The van der Waals surface area contributed by atoms with Crippen LogP contribution < -0.4 is 0 Å². The van der Waals surface area contributed by atoms with Crippen LogP contribution in [0.15, 0.2) is 0 Å². The number of hydrogen-bond donors (Lipinski definition) is 0. The molecule has 0 aromatic rings. The van der Waals surface area contributed by atoms with Crippen LogP contribution in [0.25, 0.3) is 0 Å². The molecule has 0 bridgehead atoms. The Balaban J connectivity index is 2.25. The van der Waals surface area contributed by atoms with E-state index in [2.05, 4.69) is 6.92 Å². The van der Waals surface area contributed by atoms with Crippen molar-refractivity contribution in [1.82, 2.24) is 0 Å². The summed E-state index contributed by atoms with van der Waals surface area (Å²) in [5.41, 5.74) is -0.245. The van der Waals surface area contributed by atoms with E-state index in [1.54, 1.807) is 0 Å². The van der Waals surface area contributed by atoms with Gasteiger partial charge in [-0.25, -0.2) is 0 Å². The molecule has 0 amide bonds. The van der Waals surface area contributed by atoms with Crippen LogP contribution in [0.2, 0.25) is 0 Å². The molecular formula is C14H26O3. The zero-order valence-electron chi connectivity index (χ0n) is 11.5. The summed E-state index contributed by atoms with van der Waals surface area (Å²) in [7, 11) is 0. The molecule has 0 N–H and O–H groups in total. The minimum Gasteiger partial charge on any atom is -0.354 e. The van der Waals surface area contributed by atoms with E-state index in [4.69, 9.17) is 9.47 Å². The van der Waals surface area contributed by atoms with Crippen molar-refractivity contribution in [2.45, 2.75) is 64.9 Å². The van der Waals surface area contributed by atoms with Gasteiger partial charge in [-0.3, -0.25) is 0 Å². The fourth-order valence-electron chi connectivity index (χ4n) is 2.24. The Bertz CT molecular complexity index is 224. The molecule has 1 saturated carbocycles. The molecule has 0 heterocycles. The Morgan fingerprint density at radius 3 is 2.24 bits per heavy atom. The first-order valence-electron chi connectivity index (χ1n) is 6.84. The molecule has 3 heteroatoms. The van der Waals surface area contributed by atoms with Crippen molar-refractivity contribution in [3.05, 3.63) is 0 Å². The summed E-state index contributed by atoms with van der Waals surface area (Å²) in [5, 5.41) is 0. The number of carbonyl (C=O) groups excluding carboxylic acids is 1. The fraction of sp³-hybridized carbons (Fsp3) is 0.929. The smallest absolute Gasteiger partial charge is 0.147 e. The van der Waals surface area contributed by atoms with Gasteiger partial charge in [-0.05, 0) is 38.5 Å². The first kappa shape index (κ1) is 14.7. The first-order chi connectivity index (χ1) is 8.16. The van der Waals surface area contributed by atoms with Crippen molar-refractivity contribution in [1.29, 1.82) is 0 Å². The average molecular weight is 242 g/mol. The zero-order valence-corrected chi connectivity index (χ0v) is 11.5. The third-order valence-electron chi connectivity index (χ3n) is 4.41. The molecule has 3 nitrogen and oxygen atoms in total. The molecule has 0 unspecified atom stereocenters. The second-order valence-electron chi connectivity index (χ2n) is 5.19. The molecule has 0 saturated heterocycles. The van der Waals surface area contributed by atoms with Crippen molar-refractivity contribution >= 4 is 6.29 Å². The molecule has 1 aliphatic carbocycles. The van der Waals surface area contributed by atoms with Crippen LogP contribution in [0.1, 0.15) is 59.3 Å². The van der Waals surface area contributed by atoms with E-state index < -0.39 is 0 Å². The van der Waals surface area contributed by atoms with E-state index in [-0.39, 0.29) is 11.0 Å². The SMILES string of the molecule is CCC(C=O)(CC)COCOC1(CC)CCC1. The van der Waals surface area contributed by atoms with Gasteiger partial charge in [-0.1, -0.05) is 20.8 Å². The van der Waals surface area contributed by atoms with Crippen LogP contribution >= 0.6 is 0 Å². The molecule has 0 aliphatic heterocycles. The van der Waals surface area contributed by atoms with Crippen molar-refractivity contribution in [3.63, 3.8) is 0 Å². The average Bonchev–Trinajstić information content (AvgIpc) is 2.33. The normalized spacial score (nSPS) is 18.8. The Morgan fingerprint density at radius 2 is 1.88 bits per heavy atom. The van der Waals surface area contributed by atoms with E-state index in [1.807, 2.05) is 13.8 Å². The van der Waals surface area contributed by atoms with Gasteiger partial charge < -0.3 is 14.3 Å². The predicted molar refractivity (Wildman–Crippen MR) is 67.9 cm³/mol. The molecule has 0 radical (unpaired) electrons. The molecule has 0 aromatic heterocycles. The summed E-state index contributed by atoms with van der Waals surface area (Å²) in [6.45, 7) is 7.02. The second kappa shape index (κ2) is 6.50. The Kier molecular flexibility index (Phi) is 5.60. The fourth-order valence-corrected chi connectivity index (χ4v) is 2.24. The highest BCUT2D eigenvalue weighted by atomic mass is 16.7. The van der Waals surface area contributed by atoms with Gasteiger partial charge in [-0.2, -0.15) is 0 Å². The molecule has 0 aromatic carbocycles. The van der Waals surface area contributed by atoms with Crippen LogP contribution in [0.4, 0.5) is 0 Å². The van der Waals surface area contributed by atoms with Crippen LogP contribution in [-0.4, -0.2) is 25.3 Å². The maximum Gasteiger partial charge on any atom is 0.147 e. The highest BCUT2D eigenvalue weighted by molar-refractivity contribution is 5.59. The number of carbonyl (C=O) groups is 1. The van der Waals surface area contributed by atoms with Gasteiger partial charge in [0.1, 0.15) is 13.1 Å². The van der Waals surface area contributed by atoms with E-state index in [9.17, 15) is 4.79 Å². The summed E-state index contributed by atoms with van der Waals surface area (Å²) in [5.74, 6) is 0. The number of aldehydes is 1. The third-order valence-corrected chi connectivity index (χ3v) is 4.41. The molecule has 17 heavy (non-hydrogen) atoms. The van der Waals surface area contributed by atoms with E-state index in [0.717, 1.165) is 38.4 Å². The number of ether oxygens (including phenoxy) is 2. The van der Waals surface area contributed by atoms with Crippen LogP contribution in [0.3, 0.4) is 0 Å². The summed E-state index contributed by atoms with van der Waals surface area (Å²) >= 11 is 0. The minimum atomic E-state index is -0.317. The lowest BCUT2D eigenvalue weighted by atomic mass is 9.78. The van der Waals surface area contributed by atoms with Crippen LogP contribution in [0.5, 0.6) is 0 Å². The summed E-state index contributed by atoms with van der Waals surface area (Å²) in [4.78, 5) is 11.1. The lowest BCUT2D eigenvalue weighted by molar-refractivity contribution is -0.184. The number of rotatable bonds is 9. The van der Waals surface area contributed by atoms with Crippen molar-refractivity contribution in [2.75, 3.05) is 13.4 Å². The maximum atomic E-state index is 11.1. The number of hydrogen-bond acceptors (Lipinski definition) is 3. The first-order valence-corrected chi connectivity index (χ1v) is 6.84. The monoisotopic (exact) mass is 242 g/mol. The second-order valence-corrected chi connectivity index (χ2v) is 5.19. The Morgan fingerprint density at radius 1 is 1.24 bits per heavy atom. The van der Waals surface area contributed by atoms with Gasteiger partial charge in [0.15, 0.2) is 0 Å². The third kappa shape index (κ3) is 3.52. The van der Waals surface area contributed by atoms with Crippen LogP contribution in [0, 0.1) is 5.41 Å². The molecule has 1 fully saturated rings. The molecule has 100 valence electrons. The lowest BCUT2D eigenvalue weighted by Crippen LogP contribution is -2.40. The van der Waals surface area contributed by atoms with Gasteiger partial charge in [0, 0.05) is 5.41 Å². The van der Waals surface area contributed by atoms with Gasteiger partial charge in [-0.15, -0.1) is 0 Å². The van der Waals surface area contributed by atoms with Crippen LogP contribution in [-0.2, 0) is 14.3 Å². The van der Waals surface area contributed by atoms with Crippen molar-refractivity contribution in [3.8, 4) is 0 Å². The van der Waals surface area contributed by atoms with E-state index in [1.165, 1.54) is 6.42 Å². The largest absolute Gasteiger partial charge is 0.354 e. The lowest BCUT2D eigenvalue weighted by Gasteiger charge is -2.41. The molecule has 1 rings (SSSR count). The summed E-state index contributed by atoms with van der Waals surface area (Å²) in [6, 6.07) is 0. The van der Waals surface area contributed by atoms with Gasteiger partial charge in [0.25, 0.3) is 0 Å². The summed E-state index contributed by atoms with van der Waals surface area (Å²) < 4.78 is 11.4. The Labute approximate surface area is 105 Å². The molecule has 0 atom stereocenters. The van der Waals surface area contributed by atoms with Gasteiger partial charge in [0.05, 0.1) is 12.2 Å². The molecule has 0 spiro atoms. The van der Waals surface area contributed by atoms with Gasteiger partial charge >= 0.3 is 0 Å². The topological polar surface area (TPSA) is 35.5 Å². The quantitative estimate of drug-likeness (QED) is 0.353. The highest BCUT2D eigenvalue weighted by Crippen LogP contribution is 2.38. The maximum absolute atomic E-state index is 11.1. The minimum absolute atomic E-state index is 0.0717. The van der Waals surface area contributed by atoms with E-state index >= 15 is 0 Å². The predicted octanol–water partition coefficient (Wildman–Crippen LogP) is 3.32. The van der Waals surface area contributed by atoms with E-state index in [0.29, 0.717) is 13.4 Å². The summed E-state index contributed by atoms with van der Waals surface area (Å²) in [6.07, 6.45) is 7.29. The zero-order chi connectivity index (χ0) is 12.8. The molecule has 1 aliphatic rings. The van der Waals surface area contributed by atoms with Crippen molar-refractivity contribution in [2.24, 2.45) is 5.41 Å². The van der Waals surface area contributed by atoms with Crippen molar-refractivity contribution < 1.29 is 14.3 Å². The standard InChI is InChI=1S/C14H26O3/c1-4-13(5-2,10-15)11-16-12-17-14(6-3)8-7-9-14/h10H,4-9,11-12H2,1-3H3.